The molecule has 0 heterocycles. The maximum Gasteiger partial charge on any atom is 0.255 e. The molecule has 3 aromatic rings. The average Bonchev–Trinajstić information content (AvgIpc) is 2.88. The van der Waals surface area contributed by atoms with Crippen molar-refractivity contribution in [3.63, 3.8) is 0 Å². The van der Waals surface area contributed by atoms with Crippen LogP contribution in [0.2, 0.25) is 0 Å². The van der Waals surface area contributed by atoms with Gasteiger partial charge in [0.15, 0.2) is 34.8 Å². The van der Waals surface area contributed by atoms with Gasteiger partial charge in [-0.1, -0.05) is 13.0 Å². The Bertz CT molecular complexity index is 1260. The summed E-state index contributed by atoms with van der Waals surface area (Å²) in [6.07, 6.45) is 0.236. The highest BCUT2D eigenvalue weighted by atomic mass is 32.2. The Kier molecular flexibility index (Phi) is 8.81. The lowest BCUT2D eigenvalue weighted by atomic mass is 10.2. The zero-order valence-corrected chi connectivity index (χ0v) is 20.3. The summed E-state index contributed by atoms with van der Waals surface area (Å²) in [6.45, 7) is 1.67. The van der Waals surface area contributed by atoms with E-state index in [0.29, 0.717) is 27.6 Å². The Labute approximate surface area is 209 Å². The SMILES string of the molecule is CCC(Sc1cccc(NC(=O)c2ccc(OC)c(OC)c2)c1)C(=O)Nc1c(F)c(F)cc(F)c1F. The predicted octanol–water partition coefficient (Wildman–Crippen LogP) is 6.02. The van der Waals surface area contributed by atoms with Crippen LogP contribution in [0, 0.1) is 23.3 Å². The van der Waals surface area contributed by atoms with Crippen molar-refractivity contribution in [2.75, 3.05) is 24.9 Å². The molecule has 0 saturated carbocycles. The summed E-state index contributed by atoms with van der Waals surface area (Å²) in [4.78, 5) is 25.9. The monoisotopic (exact) mass is 522 g/mol. The van der Waals surface area contributed by atoms with E-state index in [2.05, 4.69) is 5.32 Å². The molecule has 0 aliphatic rings. The van der Waals surface area contributed by atoms with E-state index in [4.69, 9.17) is 9.47 Å². The van der Waals surface area contributed by atoms with Crippen molar-refractivity contribution in [3.8, 4) is 11.5 Å². The van der Waals surface area contributed by atoms with Gasteiger partial charge in [-0.3, -0.25) is 9.59 Å². The van der Waals surface area contributed by atoms with Crippen molar-refractivity contribution < 1.29 is 36.6 Å². The van der Waals surface area contributed by atoms with Crippen molar-refractivity contribution >= 4 is 35.0 Å². The number of anilines is 2. The maximum absolute atomic E-state index is 13.9. The van der Waals surface area contributed by atoms with Gasteiger partial charge in [-0.05, 0) is 42.8 Å². The summed E-state index contributed by atoms with van der Waals surface area (Å²) in [5, 5.41) is 3.83. The van der Waals surface area contributed by atoms with Gasteiger partial charge in [0.1, 0.15) is 5.69 Å². The molecule has 3 rings (SSSR count). The van der Waals surface area contributed by atoms with Gasteiger partial charge < -0.3 is 20.1 Å². The second-order valence-electron chi connectivity index (χ2n) is 7.40. The lowest BCUT2D eigenvalue weighted by Crippen LogP contribution is -2.26. The summed E-state index contributed by atoms with van der Waals surface area (Å²) in [5.41, 5.74) is -0.435. The Hall–Kier alpha value is -3.73. The molecule has 2 N–H and O–H groups in total. The highest BCUT2D eigenvalue weighted by molar-refractivity contribution is 8.00. The van der Waals surface area contributed by atoms with Crippen LogP contribution in [0.3, 0.4) is 0 Å². The van der Waals surface area contributed by atoms with Crippen LogP contribution in [0.1, 0.15) is 23.7 Å². The first-order valence-corrected chi connectivity index (χ1v) is 11.5. The van der Waals surface area contributed by atoms with Crippen LogP contribution in [0.4, 0.5) is 28.9 Å². The Balaban J connectivity index is 1.73. The van der Waals surface area contributed by atoms with E-state index in [1.54, 1.807) is 43.3 Å². The molecule has 0 bridgehead atoms. The van der Waals surface area contributed by atoms with Gasteiger partial charge in [0.2, 0.25) is 5.91 Å². The van der Waals surface area contributed by atoms with Gasteiger partial charge in [0, 0.05) is 22.2 Å². The zero-order valence-electron chi connectivity index (χ0n) is 19.5. The lowest BCUT2D eigenvalue weighted by molar-refractivity contribution is -0.115. The second kappa shape index (κ2) is 11.8. The highest BCUT2D eigenvalue weighted by Crippen LogP contribution is 2.31. The van der Waals surface area contributed by atoms with Crippen LogP contribution in [0.15, 0.2) is 53.4 Å². The van der Waals surface area contributed by atoms with E-state index in [-0.39, 0.29) is 12.5 Å². The van der Waals surface area contributed by atoms with Gasteiger partial charge in [0.25, 0.3) is 5.91 Å². The first kappa shape index (κ1) is 26.9. The van der Waals surface area contributed by atoms with Crippen molar-refractivity contribution in [2.24, 2.45) is 0 Å². The van der Waals surface area contributed by atoms with Crippen molar-refractivity contribution in [3.05, 3.63) is 77.4 Å². The summed E-state index contributed by atoms with van der Waals surface area (Å²) in [6, 6.07) is 11.3. The minimum Gasteiger partial charge on any atom is -0.493 e. The van der Waals surface area contributed by atoms with E-state index in [1.165, 1.54) is 20.3 Å². The third-order valence-corrected chi connectivity index (χ3v) is 6.40. The quantitative estimate of drug-likeness (QED) is 0.204. The minimum atomic E-state index is -1.69. The molecule has 2 amide bonds. The number of hydrogen-bond acceptors (Lipinski definition) is 5. The summed E-state index contributed by atoms with van der Waals surface area (Å²) in [5.74, 6) is -7.03. The number of rotatable bonds is 9. The van der Waals surface area contributed by atoms with E-state index in [1.807, 2.05) is 5.32 Å². The van der Waals surface area contributed by atoms with Crippen LogP contribution >= 0.6 is 11.8 Å². The Morgan fingerprint density at radius 1 is 0.889 bits per heavy atom. The number of amides is 2. The topological polar surface area (TPSA) is 76.7 Å². The molecular weight excluding hydrogens is 500 g/mol. The fourth-order valence-corrected chi connectivity index (χ4v) is 4.21. The molecule has 0 aliphatic carbocycles. The number of methoxy groups -OCH3 is 2. The first-order valence-electron chi connectivity index (χ1n) is 10.6. The van der Waals surface area contributed by atoms with Gasteiger partial charge in [-0.15, -0.1) is 11.8 Å². The lowest BCUT2D eigenvalue weighted by Gasteiger charge is -2.16. The van der Waals surface area contributed by atoms with Crippen LogP contribution in [0.5, 0.6) is 11.5 Å². The largest absolute Gasteiger partial charge is 0.493 e. The minimum absolute atomic E-state index is 0.0637. The van der Waals surface area contributed by atoms with E-state index >= 15 is 0 Å². The fraction of sp³-hybridized carbons (Fsp3) is 0.200. The van der Waals surface area contributed by atoms with E-state index in [9.17, 15) is 27.2 Å². The van der Waals surface area contributed by atoms with Crippen LogP contribution in [-0.2, 0) is 4.79 Å². The molecule has 0 fully saturated rings. The summed E-state index contributed by atoms with van der Waals surface area (Å²) < 4.78 is 65.2. The molecule has 36 heavy (non-hydrogen) atoms. The first-order chi connectivity index (χ1) is 17.2. The number of ether oxygens (including phenoxy) is 2. The molecule has 1 unspecified atom stereocenters. The third kappa shape index (κ3) is 6.09. The third-order valence-electron chi connectivity index (χ3n) is 5.04. The van der Waals surface area contributed by atoms with Crippen molar-refractivity contribution in [1.29, 1.82) is 0 Å². The zero-order chi connectivity index (χ0) is 26.4. The summed E-state index contributed by atoms with van der Waals surface area (Å²) in [7, 11) is 2.93. The number of nitrogens with one attached hydrogen (secondary N) is 2. The average molecular weight is 523 g/mol. The molecule has 11 heteroatoms. The van der Waals surface area contributed by atoms with E-state index < -0.39 is 46.0 Å². The molecule has 0 radical (unpaired) electrons. The van der Waals surface area contributed by atoms with Gasteiger partial charge in [-0.2, -0.15) is 0 Å². The molecule has 1 atom stereocenters. The van der Waals surface area contributed by atoms with Crippen LogP contribution in [0.25, 0.3) is 0 Å². The van der Waals surface area contributed by atoms with Gasteiger partial charge in [-0.25, -0.2) is 17.6 Å². The number of carbonyl (C=O) groups is 2. The summed E-state index contributed by atoms with van der Waals surface area (Å²) >= 11 is 1.05. The number of halogens is 4. The normalized spacial score (nSPS) is 11.5. The number of hydrogen-bond donors (Lipinski definition) is 2. The number of carbonyl (C=O) groups excluding carboxylic acids is 2. The molecular formula is C25H22F4N2O4S. The molecule has 6 nitrogen and oxygen atoms in total. The van der Waals surface area contributed by atoms with Crippen molar-refractivity contribution in [2.45, 2.75) is 23.5 Å². The maximum atomic E-state index is 13.9. The molecule has 190 valence electrons. The second-order valence-corrected chi connectivity index (χ2v) is 8.68. The number of thioether (sulfide) groups is 1. The Morgan fingerprint density at radius 3 is 2.17 bits per heavy atom. The van der Waals surface area contributed by atoms with E-state index in [0.717, 1.165) is 11.8 Å². The van der Waals surface area contributed by atoms with Crippen LogP contribution < -0.4 is 20.1 Å². The molecule has 0 aliphatic heterocycles. The van der Waals surface area contributed by atoms with Crippen molar-refractivity contribution in [1.82, 2.24) is 0 Å². The standard InChI is InChI=1S/C25H22F4N2O4S/c1-4-20(25(33)31-23-21(28)16(26)12-17(27)22(23)29)36-15-7-5-6-14(11-15)30-24(32)13-8-9-18(34-2)19(10-13)35-3/h5-12,20H,4H2,1-3H3,(H,30,32)(H,31,33). The fourth-order valence-electron chi connectivity index (χ4n) is 3.20. The van der Waals surface area contributed by atoms with Crippen LogP contribution in [-0.4, -0.2) is 31.3 Å². The van der Waals surface area contributed by atoms with Gasteiger partial charge in [0.05, 0.1) is 19.5 Å². The predicted molar refractivity (Wildman–Crippen MR) is 129 cm³/mol. The molecule has 0 spiro atoms. The van der Waals surface area contributed by atoms with Gasteiger partial charge >= 0.3 is 0 Å². The highest BCUT2D eigenvalue weighted by Gasteiger charge is 2.25. The smallest absolute Gasteiger partial charge is 0.255 e. The Morgan fingerprint density at radius 2 is 1.56 bits per heavy atom. The number of benzene rings is 3. The molecule has 3 aromatic carbocycles. The molecule has 0 saturated heterocycles. The molecule has 0 aromatic heterocycles.